The molecule has 0 saturated heterocycles. The predicted molar refractivity (Wildman–Crippen MR) is 76.7 cm³/mol. The first kappa shape index (κ1) is 15.8. The Morgan fingerprint density at radius 3 is 2.27 bits per heavy atom. The summed E-state index contributed by atoms with van der Waals surface area (Å²) in [6.45, 7) is 1.12. The largest absolute Gasteiger partial charge is 0.469 e. The topological polar surface area (TPSA) is 90.9 Å². The van der Waals surface area contributed by atoms with E-state index in [1.54, 1.807) is 24.3 Å². The number of methoxy groups -OCH3 is 2. The number of ether oxygens (including phenoxy) is 3. The highest BCUT2D eigenvalue weighted by molar-refractivity contribution is 5.87. The van der Waals surface area contributed by atoms with Crippen LogP contribution < -0.4 is 5.32 Å². The van der Waals surface area contributed by atoms with Crippen LogP contribution in [-0.2, 0) is 30.4 Å². The molecule has 120 valence electrons. The van der Waals surface area contributed by atoms with Gasteiger partial charge in [-0.05, 0) is 12.5 Å². The Kier molecular flexibility index (Phi) is 6.22. The van der Waals surface area contributed by atoms with Crippen molar-refractivity contribution in [3.63, 3.8) is 0 Å². The molecule has 0 saturated carbocycles. The summed E-state index contributed by atoms with van der Waals surface area (Å²) in [5.41, 5.74) is 0.749. The molecular formula is C15H19NO6. The molecule has 0 heterocycles. The van der Waals surface area contributed by atoms with Crippen molar-refractivity contribution in [2.45, 2.75) is 19.6 Å². The first-order chi connectivity index (χ1) is 10.8. The highest BCUT2D eigenvalue weighted by Crippen LogP contribution is 2.08. The minimum absolute atomic E-state index is 0.0203. The molecule has 0 bridgehead atoms. The molecule has 1 amide bonds. The van der Waals surface area contributed by atoms with Gasteiger partial charge >= 0.3 is 18.0 Å². The summed E-state index contributed by atoms with van der Waals surface area (Å²) in [7, 11) is 2.16. The Morgan fingerprint density at radius 2 is 1.73 bits per heavy atom. The van der Waals surface area contributed by atoms with E-state index in [1.165, 1.54) is 0 Å². The number of nitrogens with one attached hydrogen (secondary N) is 1. The van der Waals surface area contributed by atoms with Crippen LogP contribution in [0.5, 0.6) is 0 Å². The molecule has 2 atom stereocenters. The number of alkyl carbamates (subject to hydrolysis) is 1. The number of carbonyl (C=O) groups is 3. The van der Waals surface area contributed by atoms with Gasteiger partial charge in [-0.3, -0.25) is 4.79 Å². The molecule has 7 heteroatoms. The number of carbonyl (C=O) groups excluding carboxylic acids is 3. The lowest BCUT2D eigenvalue weighted by atomic mass is 10.0. The van der Waals surface area contributed by atoms with E-state index in [9.17, 15) is 14.4 Å². The third-order valence-electron chi connectivity index (χ3n) is 2.85. The number of benzene rings is 1. The summed E-state index contributed by atoms with van der Waals surface area (Å²) < 4.78 is 21.9. The van der Waals surface area contributed by atoms with Crippen molar-refractivity contribution < 1.29 is 30.0 Å². The van der Waals surface area contributed by atoms with E-state index < -0.39 is 30.0 Å². The lowest BCUT2D eigenvalue weighted by molar-refractivity contribution is -0.153. The van der Waals surface area contributed by atoms with Crippen molar-refractivity contribution in [1.82, 2.24) is 5.32 Å². The molecule has 22 heavy (non-hydrogen) atoms. The zero-order chi connectivity index (χ0) is 17.5. The second-order valence-corrected chi connectivity index (χ2v) is 4.34. The van der Waals surface area contributed by atoms with Gasteiger partial charge in [0, 0.05) is 1.37 Å². The minimum Gasteiger partial charge on any atom is -0.469 e. The molecule has 0 aliphatic rings. The minimum atomic E-state index is -2.06. The fourth-order valence-electron chi connectivity index (χ4n) is 1.62. The zero-order valence-electron chi connectivity index (χ0n) is 13.6. The molecule has 0 fully saturated rings. The second kappa shape index (κ2) is 8.66. The van der Waals surface area contributed by atoms with Crippen molar-refractivity contribution in [3.8, 4) is 0 Å². The molecule has 1 N–H and O–H groups in total. The van der Waals surface area contributed by atoms with E-state index in [0.29, 0.717) is 0 Å². The van der Waals surface area contributed by atoms with Gasteiger partial charge < -0.3 is 19.5 Å². The van der Waals surface area contributed by atoms with Crippen LogP contribution in [0.1, 0.15) is 13.9 Å². The average molecular weight is 310 g/mol. The Balaban J connectivity index is 2.75. The predicted octanol–water partition coefficient (Wildman–Crippen LogP) is 1.26. The molecule has 1 aromatic rings. The molecule has 0 aliphatic heterocycles. The third kappa shape index (κ3) is 5.08. The average Bonchev–Trinajstić information content (AvgIpc) is 2.57. The van der Waals surface area contributed by atoms with Crippen molar-refractivity contribution in [3.05, 3.63) is 35.9 Å². The van der Waals surface area contributed by atoms with Crippen LogP contribution in [0.25, 0.3) is 0 Å². The van der Waals surface area contributed by atoms with Crippen LogP contribution in [0.15, 0.2) is 30.3 Å². The number of amides is 1. The van der Waals surface area contributed by atoms with Gasteiger partial charge in [-0.1, -0.05) is 30.3 Å². The maximum absolute atomic E-state index is 11.8. The van der Waals surface area contributed by atoms with Gasteiger partial charge in [0.25, 0.3) is 0 Å². The molecule has 0 aliphatic carbocycles. The monoisotopic (exact) mass is 310 g/mol. The number of hydrogen-bond acceptors (Lipinski definition) is 6. The first-order valence-electron chi connectivity index (χ1n) is 6.96. The fourth-order valence-corrected chi connectivity index (χ4v) is 1.62. The molecule has 7 nitrogen and oxygen atoms in total. The lowest BCUT2D eigenvalue weighted by Gasteiger charge is -2.20. The van der Waals surface area contributed by atoms with E-state index >= 15 is 0 Å². The highest BCUT2D eigenvalue weighted by Gasteiger charge is 2.33. The molecule has 1 rings (SSSR count). The van der Waals surface area contributed by atoms with E-state index in [4.69, 9.17) is 6.11 Å². The molecule has 0 spiro atoms. The Morgan fingerprint density at radius 1 is 1.14 bits per heavy atom. The zero-order valence-corrected chi connectivity index (χ0v) is 12.6. The summed E-state index contributed by atoms with van der Waals surface area (Å²) in [4.78, 5) is 35.2. The fraction of sp³-hybridized carbons (Fsp3) is 0.400. The first-order valence-corrected chi connectivity index (χ1v) is 6.46. The third-order valence-corrected chi connectivity index (χ3v) is 2.85. The van der Waals surface area contributed by atoms with Crippen LogP contribution in [0, 0.1) is 5.89 Å². The summed E-state index contributed by atoms with van der Waals surface area (Å²) in [6.07, 6.45) is -0.952. The van der Waals surface area contributed by atoms with E-state index in [0.717, 1.165) is 26.7 Å². The summed E-state index contributed by atoms with van der Waals surface area (Å²) in [6, 6.07) is 7.34. The Bertz CT molecular complexity index is 560. The normalized spacial score (nSPS) is 14.8. The lowest BCUT2D eigenvalue weighted by Crippen LogP contribution is -2.48. The van der Waals surface area contributed by atoms with Gasteiger partial charge in [-0.2, -0.15) is 0 Å². The number of rotatable bonds is 6. The van der Waals surface area contributed by atoms with Crippen LogP contribution in [-0.4, -0.2) is 38.3 Å². The molecular weight excluding hydrogens is 290 g/mol. The maximum atomic E-state index is 11.8. The van der Waals surface area contributed by atoms with Crippen LogP contribution in [0.4, 0.5) is 4.79 Å². The Hall–Kier alpha value is -2.57. The molecule has 1 aromatic carbocycles. The van der Waals surface area contributed by atoms with Gasteiger partial charge in [0.15, 0.2) is 0 Å². The second-order valence-electron chi connectivity index (χ2n) is 4.34. The van der Waals surface area contributed by atoms with E-state index in [2.05, 4.69) is 14.8 Å². The maximum Gasteiger partial charge on any atom is 0.408 e. The van der Waals surface area contributed by atoms with E-state index in [1.807, 2.05) is 6.07 Å². The number of hydrogen-bond donors (Lipinski definition) is 1. The van der Waals surface area contributed by atoms with Crippen molar-refractivity contribution in [1.29, 1.82) is 0 Å². The van der Waals surface area contributed by atoms with Gasteiger partial charge in [-0.15, -0.1) is 0 Å². The molecule has 0 radical (unpaired) electrons. The van der Waals surface area contributed by atoms with Crippen molar-refractivity contribution >= 4 is 18.0 Å². The molecule has 0 aromatic heterocycles. The van der Waals surface area contributed by atoms with Crippen LogP contribution in [0.2, 0.25) is 0 Å². The van der Waals surface area contributed by atoms with Crippen LogP contribution in [0.3, 0.4) is 0 Å². The smallest absolute Gasteiger partial charge is 0.408 e. The van der Waals surface area contributed by atoms with Gasteiger partial charge in [0.05, 0.1) is 20.1 Å². The van der Waals surface area contributed by atoms with Crippen LogP contribution >= 0.6 is 0 Å². The summed E-state index contributed by atoms with van der Waals surface area (Å²) in [5.74, 6) is -4.01. The standard InChI is InChI=1S/C15H19NO6/c1-10(13(17)20-2)12(14(18)21-3)16-15(19)22-9-11-7-5-4-6-8-11/h4-8,10,12H,9H2,1-3H3,(H,16,19)/t10-,12-/m0/s1/i10D. The van der Waals surface area contributed by atoms with Crippen molar-refractivity contribution in [2.75, 3.05) is 14.2 Å². The number of esters is 2. The van der Waals surface area contributed by atoms with Gasteiger partial charge in [0.2, 0.25) is 0 Å². The van der Waals surface area contributed by atoms with Gasteiger partial charge in [0.1, 0.15) is 12.6 Å². The summed E-state index contributed by atoms with van der Waals surface area (Å²) >= 11 is 0. The molecule has 0 unspecified atom stereocenters. The highest BCUT2D eigenvalue weighted by atomic mass is 16.6. The Labute approximate surface area is 129 Å². The SMILES string of the molecule is [2H][C@@](C)(C(=O)OC)[C@H](NC(=O)OCc1ccccc1)C(=O)OC. The van der Waals surface area contributed by atoms with Gasteiger partial charge in [-0.25, -0.2) is 9.59 Å². The van der Waals surface area contributed by atoms with Crippen molar-refractivity contribution in [2.24, 2.45) is 5.89 Å². The quantitative estimate of drug-likeness (QED) is 0.628. The van der Waals surface area contributed by atoms with E-state index in [-0.39, 0.29) is 6.61 Å². The summed E-state index contributed by atoms with van der Waals surface area (Å²) in [5, 5.41) is 2.17.